The fourth-order valence-electron chi connectivity index (χ4n) is 4.21. The highest BCUT2D eigenvalue weighted by molar-refractivity contribution is 5.88. The molecule has 2 aromatic rings. The van der Waals surface area contributed by atoms with Crippen LogP contribution in [-0.2, 0) is 22.6 Å². The molecular formula is C25H31FN2O2. The first-order valence-corrected chi connectivity index (χ1v) is 10.7. The van der Waals surface area contributed by atoms with Gasteiger partial charge < -0.3 is 10.2 Å². The number of hydrogen-bond donors (Lipinski definition) is 1. The zero-order valence-corrected chi connectivity index (χ0v) is 18.1. The Balaban J connectivity index is 1.78. The second-order valence-electron chi connectivity index (χ2n) is 8.49. The largest absolute Gasteiger partial charge is 0.352 e. The Hall–Kier alpha value is -2.69. The van der Waals surface area contributed by atoms with E-state index in [9.17, 15) is 14.0 Å². The number of nitrogens with one attached hydrogen (secondary N) is 1. The maximum absolute atomic E-state index is 13.3. The van der Waals surface area contributed by atoms with E-state index in [1.807, 2.05) is 26.0 Å². The van der Waals surface area contributed by atoms with Gasteiger partial charge in [0.25, 0.3) is 0 Å². The molecule has 0 aliphatic heterocycles. The average Bonchev–Trinajstić information content (AvgIpc) is 3.19. The lowest BCUT2D eigenvalue weighted by atomic mass is 10.0. The van der Waals surface area contributed by atoms with E-state index in [1.165, 1.54) is 12.1 Å². The summed E-state index contributed by atoms with van der Waals surface area (Å²) in [4.78, 5) is 27.8. The molecule has 0 spiro atoms. The normalized spacial score (nSPS) is 15.1. The maximum Gasteiger partial charge on any atom is 0.242 e. The van der Waals surface area contributed by atoms with Gasteiger partial charge in [0.2, 0.25) is 11.8 Å². The van der Waals surface area contributed by atoms with Gasteiger partial charge >= 0.3 is 0 Å². The summed E-state index contributed by atoms with van der Waals surface area (Å²) in [6.45, 7) is 6.06. The molecule has 1 N–H and O–H groups in total. The first-order chi connectivity index (χ1) is 14.3. The molecule has 0 radical (unpaired) electrons. The highest BCUT2D eigenvalue weighted by Crippen LogP contribution is 2.19. The van der Waals surface area contributed by atoms with Crippen molar-refractivity contribution >= 4 is 11.8 Å². The molecule has 5 heteroatoms. The summed E-state index contributed by atoms with van der Waals surface area (Å²) in [6.07, 6.45) is 4.47. The minimum absolute atomic E-state index is 0.113. The maximum atomic E-state index is 13.3. The number of hydrogen-bond acceptors (Lipinski definition) is 2. The Morgan fingerprint density at radius 2 is 1.63 bits per heavy atom. The predicted molar refractivity (Wildman–Crippen MR) is 116 cm³/mol. The molecule has 0 saturated heterocycles. The summed E-state index contributed by atoms with van der Waals surface area (Å²) in [7, 11) is 0. The number of carbonyl (C=O) groups excluding carboxylic acids is 2. The molecule has 2 amide bonds. The van der Waals surface area contributed by atoms with Crippen molar-refractivity contribution in [3.05, 3.63) is 70.5 Å². The van der Waals surface area contributed by atoms with E-state index in [-0.39, 0.29) is 36.6 Å². The van der Waals surface area contributed by atoms with Gasteiger partial charge in [0.1, 0.15) is 11.9 Å². The molecule has 1 fully saturated rings. The molecule has 4 nitrogen and oxygen atoms in total. The third kappa shape index (κ3) is 5.91. The topological polar surface area (TPSA) is 49.4 Å². The molecule has 1 atom stereocenters. The molecule has 1 saturated carbocycles. The van der Waals surface area contributed by atoms with Gasteiger partial charge in [0, 0.05) is 12.6 Å². The molecule has 3 rings (SSSR count). The quantitative estimate of drug-likeness (QED) is 0.733. The molecule has 0 aromatic heterocycles. The Bertz CT molecular complexity index is 868. The lowest BCUT2D eigenvalue weighted by Crippen LogP contribution is -2.50. The van der Waals surface area contributed by atoms with Gasteiger partial charge in [-0.05, 0) is 56.9 Å². The lowest BCUT2D eigenvalue weighted by Gasteiger charge is -2.30. The van der Waals surface area contributed by atoms with Crippen LogP contribution in [0.3, 0.4) is 0 Å². The van der Waals surface area contributed by atoms with E-state index in [4.69, 9.17) is 0 Å². The van der Waals surface area contributed by atoms with Gasteiger partial charge in [-0.25, -0.2) is 4.39 Å². The smallest absolute Gasteiger partial charge is 0.242 e. The summed E-state index contributed by atoms with van der Waals surface area (Å²) >= 11 is 0. The molecular weight excluding hydrogens is 379 g/mol. The van der Waals surface area contributed by atoms with Crippen molar-refractivity contribution in [2.45, 2.75) is 71.5 Å². The van der Waals surface area contributed by atoms with Gasteiger partial charge in [-0.15, -0.1) is 0 Å². The van der Waals surface area contributed by atoms with Crippen molar-refractivity contribution in [2.24, 2.45) is 0 Å². The number of amides is 2. The van der Waals surface area contributed by atoms with Crippen molar-refractivity contribution in [1.82, 2.24) is 10.2 Å². The second kappa shape index (κ2) is 9.88. The van der Waals surface area contributed by atoms with Crippen molar-refractivity contribution in [1.29, 1.82) is 0 Å². The molecule has 0 unspecified atom stereocenters. The number of halogens is 1. The van der Waals surface area contributed by atoms with Crippen LogP contribution in [-0.4, -0.2) is 28.8 Å². The highest BCUT2D eigenvalue weighted by atomic mass is 19.1. The zero-order valence-electron chi connectivity index (χ0n) is 18.1. The molecule has 30 heavy (non-hydrogen) atoms. The van der Waals surface area contributed by atoms with Crippen LogP contribution in [0.1, 0.15) is 54.9 Å². The lowest BCUT2D eigenvalue weighted by molar-refractivity contribution is -0.140. The van der Waals surface area contributed by atoms with Crippen LogP contribution >= 0.6 is 0 Å². The van der Waals surface area contributed by atoms with Gasteiger partial charge in [-0.2, -0.15) is 0 Å². The summed E-state index contributed by atoms with van der Waals surface area (Å²) in [5.74, 6) is -0.560. The van der Waals surface area contributed by atoms with Crippen LogP contribution < -0.4 is 5.32 Å². The number of nitrogens with zero attached hydrogens (tertiary/aromatic N) is 1. The SMILES string of the molecule is Cc1cc(C)cc(CC(=O)N(Cc2ccc(F)cc2)[C@H](C)C(=O)NC2CCCC2)c1. The van der Waals surface area contributed by atoms with Crippen LogP contribution in [0, 0.1) is 19.7 Å². The van der Waals surface area contributed by atoms with Crippen LogP contribution in [0.25, 0.3) is 0 Å². The summed E-state index contributed by atoms with van der Waals surface area (Å²) in [5.41, 5.74) is 3.94. The first kappa shape index (κ1) is 22.0. The summed E-state index contributed by atoms with van der Waals surface area (Å²) < 4.78 is 13.3. The van der Waals surface area contributed by atoms with Crippen LogP contribution in [0.2, 0.25) is 0 Å². The third-order valence-electron chi connectivity index (χ3n) is 5.77. The predicted octanol–water partition coefficient (Wildman–Crippen LogP) is 4.46. The standard InChI is InChI=1S/C25H31FN2O2/c1-17-12-18(2)14-21(13-17)15-24(29)28(16-20-8-10-22(26)11-9-20)19(3)25(30)27-23-6-4-5-7-23/h8-14,19,23H,4-7,15-16H2,1-3H3,(H,27,30)/t19-/m1/s1. The Kier molecular flexibility index (Phi) is 7.24. The van der Waals surface area contributed by atoms with Crippen LogP contribution in [0.15, 0.2) is 42.5 Å². The number of carbonyl (C=O) groups is 2. The Morgan fingerprint density at radius 3 is 2.23 bits per heavy atom. The number of rotatable bonds is 7. The van der Waals surface area contributed by atoms with Crippen molar-refractivity contribution in [2.75, 3.05) is 0 Å². The number of aryl methyl sites for hydroxylation is 2. The Morgan fingerprint density at radius 1 is 1.03 bits per heavy atom. The Labute approximate surface area is 178 Å². The summed E-state index contributed by atoms with van der Waals surface area (Å²) in [5, 5.41) is 3.10. The molecule has 1 aliphatic rings. The summed E-state index contributed by atoms with van der Waals surface area (Å²) in [6, 6.07) is 11.8. The van der Waals surface area contributed by atoms with E-state index >= 15 is 0 Å². The second-order valence-corrected chi connectivity index (χ2v) is 8.49. The third-order valence-corrected chi connectivity index (χ3v) is 5.77. The van der Waals surface area contributed by atoms with Crippen LogP contribution in [0.4, 0.5) is 4.39 Å². The average molecular weight is 411 g/mol. The first-order valence-electron chi connectivity index (χ1n) is 10.7. The van der Waals surface area contributed by atoms with E-state index in [2.05, 4.69) is 11.4 Å². The molecule has 160 valence electrons. The van der Waals surface area contributed by atoms with Crippen LogP contribution in [0.5, 0.6) is 0 Å². The molecule has 0 heterocycles. The minimum atomic E-state index is -0.603. The van der Waals surface area contributed by atoms with E-state index in [1.54, 1.807) is 24.0 Å². The van der Waals surface area contributed by atoms with Gasteiger partial charge in [-0.1, -0.05) is 54.3 Å². The van der Waals surface area contributed by atoms with E-state index in [0.29, 0.717) is 0 Å². The molecule has 1 aliphatic carbocycles. The van der Waals surface area contributed by atoms with Gasteiger partial charge in [0.05, 0.1) is 6.42 Å². The van der Waals surface area contributed by atoms with Gasteiger partial charge in [0.15, 0.2) is 0 Å². The van der Waals surface area contributed by atoms with E-state index in [0.717, 1.165) is 47.9 Å². The fourth-order valence-corrected chi connectivity index (χ4v) is 4.21. The zero-order chi connectivity index (χ0) is 21.7. The van der Waals surface area contributed by atoms with Crippen molar-refractivity contribution in [3.63, 3.8) is 0 Å². The monoisotopic (exact) mass is 410 g/mol. The van der Waals surface area contributed by atoms with Crippen molar-refractivity contribution < 1.29 is 14.0 Å². The van der Waals surface area contributed by atoms with E-state index < -0.39 is 6.04 Å². The highest BCUT2D eigenvalue weighted by Gasteiger charge is 2.28. The van der Waals surface area contributed by atoms with Gasteiger partial charge in [-0.3, -0.25) is 9.59 Å². The fraction of sp³-hybridized carbons (Fsp3) is 0.440. The van der Waals surface area contributed by atoms with Crippen molar-refractivity contribution in [3.8, 4) is 0 Å². The molecule has 0 bridgehead atoms. The molecule has 2 aromatic carbocycles. The number of benzene rings is 2. The minimum Gasteiger partial charge on any atom is -0.352 e.